The summed E-state index contributed by atoms with van der Waals surface area (Å²) < 4.78 is 5.18. The van der Waals surface area contributed by atoms with Gasteiger partial charge >= 0.3 is 0 Å². The lowest BCUT2D eigenvalue weighted by atomic mass is 9.86. The minimum Gasteiger partial charge on any atom is -0.459 e. The number of hydrogen-bond acceptors (Lipinski definition) is 4. The largest absolute Gasteiger partial charge is 0.459 e. The highest BCUT2D eigenvalue weighted by Crippen LogP contribution is 2.43. The zero-order valence-electron chi connectivity index (χ0n) is 17.8. The van der Waals surface area contributed by atoms with Crippen molar-refractivity contribution in [2.24, 2.45) is 0 Å². The Morgan fingerprint density at radius 2 is 1.90 bits per heavy atom. The van der Waals surface area contributed by atoms with E-state index < -0.39 is 0 Å². The first-order chi connectivity index (χ1) is 13.7. The Balaban J connectivity index is 1.63. The van der Waals surface area contributed by atoms with Gasteiger partial charge in [0.25, 0.3) is 5.91 Å². The zero-order chi connectivity index (χ0) is 21.2. The topological polar surface area (TPSA) is 53.8 Å². The van der Waals surface area contributed by atoms with Crippen LogP contribution in [0.25, 0.3) is 0 Å². The number of carbonyl (C=O) groups excluding carboxylic acids is 2. The second-order valence-corrected chi connectivity index (χ2v) is 10.0. The minimum atomic E-state index is -0.139. The van der Waals surface area contributed by atoms with Crippen LogP contribution < -0.4 is 0 Å². The Morgan fingerprint density at radius 3 is 2.48 bits per heavy atom. The Bertz CT molecular complexity index is 840. The highest BCUT2D eigenvalue weighted by molar-refractivity contribution is 8.01. The fraction of sp³-hybridized carbons (Fsp3) is 0.478. The summed E-state index contributed by atoms with van der Waals surface area (Å²) >= 11 is 1.69. The fourth-order valence-electron chi connectivity index (χ4n) is 3.48. The number of amides is 2. The molecule has 1 fully saturated rings. The fourth-order valence-corrected chi connectivity index (χ4v) is 4.78. The molecule has 1 aromatic heterocycles. The van der Waals surface area contributed by atoms with Gasteiger partial charge in [-0.2, -0.15) is 0 Å². The maximum absolute atomic E-state index is 12.7. The van der Waals surface area contributed by atoms with Crippen molar-refractivity contribution in [3.63, 3.8) is 0 Å². The van der Waals surface area contributed by atoms with Gasteiger partial charge in [0, 0.05) is 20.1 Å². The lowest BCUT2D eigenvalue weighted by Crippen LogP contribution is -2.34. The number of thioether (sulfide) groups is 1. The van der Waals surface area contributed by atoms with Crippen molar-refractivity contribution in [1.29, 1.82) is 0 Å². The smallest absolute Gasteiger partial charge is 0.289 e. The van der Waals surface area contributed by atoms with E-state index in [4.69, 9.17) is 4.42 Å². The summed E-state index contributed by atoms with van der Waals surface area (Å²) in [5.74, 6) is 0.366. The molecule has 0 bridgehead atoms. The summed E-state index contributed by atoms with van der Waals surface area (Å²) in [6.45, 7) is 9.76. The Morgan fingerprint density at radius 1 is 1.21 bits per heavy atom. The normalized spacial score (nSPS) is 19.6. The Kier molecular flexibility index (Phi) is 6.42. The quantitative estimate of drug-likeness (QED) is 0.687. The molecule has 5 nitrogen and oxygen atoms in total. The maximum Gasteiger partial charge on any atom is 0.289 e. The van der Waals surface area contributed by atoms with Crippen LogP contribution in [0, 0.1) is 0 Å². The molecule has 2 heterocycles. The third-order valence-corrected chi connectivity index (χ3v) is 6.67. The first-order valence-electron chi connectivity index (χ1n) is 10.0. The number of rotatable bonds is 6. The first kappa shape index (κ1) is 21.5. The van der Waals surface area contributed by atoms with Crippen molar-refractivity contribution in [2.45, 2.75) is 50.2 Å². The molecule has 0 spiro atoms. The second kappa shape index (κ2) is 8.66. The monoisotopic (exact) mass is 414 g/mol. The van der Waals surface area contributed by atoms with Crippen molar-refractivity contribution in [3.05, 3.63) is 59.5 Å². The summed E-state index contributed by atoms with van der Waals surface area (Å²) in [7, 11) is 1.76. The van der Waals surface area contributed by atoms with E-state index in [1.807, 2.05) is 11.8 Å². The summed E-state index contributed by atoms with van der Waals surface area (Å²) in [6, 6.07) is 12.0. The average molecular weight is 415 g/mol. The van der Waals surface area contributed by atoms with Crippen LogP contribution in [0.2, 0.25) is 0 Å². The molecule has 29 heavy (non-hydrogen) atoms. The molecule has 6 heteroatoms. The van der Waals surface area contributed by atoms with Gasteiger partial charge in [-0.05, 0) is 42.0 Å². The van der Waals surface area contributed by atoms with Crippen LogP contribution in [0.4, 0.5) is 0 Å². The third kappa shape index (κ3) is 4.86. The lowest BCUT2D eigenvalue weighted by Gasteiger charge is -2.26. The molecule has 0 saturated carbocycles. The van der Waals surface area contributed by atoms with E-state index in [0.29, 0.717) is 18.8 Å². The molecule has 0 unspecified atom stereocenters. The van der Waals surface area contributed by atoms with Crippen LogP contribution in [-0.4, -0.2) is 47.0 Å². The molecule has 2 amide bonds. The molecule has 1 aromatic carbocycles. The van der Waals surface area contributed by atoms with Gasteiger partial charge in [-0.25, -0.2) is 0 Å². The van der Waals surface area contributed by atoms with Gasteiger partial charge in [0.15, 0.2) is 5.76 Å². The third-order valence-electron chi connectivity index (χ3n) is 5.28. The number of benzene rings is 1. The van der Waals surface area contributed by atoms with Crippen molar-refractivity contribution < 1.29 is 14.0 Å². The van der Waals surface area contributed by atoms with E-state index in [-0.39, 0.29) is 27.9 Å². The summed E-state index contributed by atoms with van der Waals surface area (Å²) in [6.07, 6.45) is 2.22. The van der Waals surface area contributed by atoms with Gasteiger partial charge in [-0.1, -0.05) is 45.0 Å². The second-order valence-electron chi connectivity index (χ2n) is 8.59. The van der Waals surface area contributed by atoms with Gasteiger partial charge in [0.05, 0.1) is 11.5 Å². The molecule has 2 atom stereocenters. The highest BCUT2D eigenvalue weighted by Gasteiger charge is 2.38. The van der Waals surface area contributed by atoms with E-state index in [1.165, 1.54) is 11.8 Å². The molecular formula is C23H30N2O3S. The SMILES string of the molecule is C[C@@H]1S[C@@H](c2ccc(C(C)(C)C)cc2)N(CCCN(C)C(=O)c2ccco2)C1=O. The number of hydrogen-bond donors (Lipinski definition) is 0. The summed E-state index contributed by atoms with van der Waals surface area (Å²) in [5, 5.41) is -0.0256. The standard InChI is InChI=1S/C23H30N2O3S/c1-16-20(26)25(14-7-13-24(5)21(27)19-8-6-15-28-19)22(29-16)17-9-11-18(12-10-17)23(2,3)4/h6,8-12,15-16,22H,7,13-14H2,1-5H3/t16-,22-/m0/s1. The minimum absolute atomic E-state index is 0.0256. The van der Waals surface area contributed by atoms with Gasteiger partial charge in [-0.15, -0.1) is 11.8 Å². The van der Waals surface area contributed by atoms with Crippen molar-refractivity contribution in [1.82, 2.24) is 9.80 Å². The Labute approximate surface area is 177 Å². The summed E-state index contributed by atoms with van der Waals surface area (Å²) in [4.78, 5) is 28.6. The van der Waals surface area contributed by atoms with Crippen molar-refractivity contribution >= 4 is 23.6 Å². The number of furan rings is 1. The van der Waals surface area contributed by atoms with Gasteiger partial charge in [0.1, 0.15) is 5.37 Å². The molecule has 3 rings (SSSR count). The van der Waals surface area contributed by atoms with Crippen molar-refractivity contribution in [2.75, 3.05) is 20.1 Å². The predicted octanol–water partition coefficient (Wildman–Crippen LogP) is 4.70. The van der Waals surface area contributed by atoms with E-state index in [9.17, 15) is 9.59 Å². The summed E-state index contributed by atoms with van der Waals surface area (Å²) in [5.41, 5.74) is 2.55. The van der Waals surface area contributed by atoms with Crippen LogP contribution in [0.3, 0.4) is 0 Å². The zero-order valence-corrected chi connectivity index (χ0v) is 18.7. The molecule has 0 radical (unpaired) electrons. The predicted molar refractivity (Wildman–Crippen MR) is 117 cm³/mol. The first-order valence-corrected chi connectivity index (χ1v) is 11.0. The van der Waals surface area contributed by atoms with Crippen LogP contribution in [0.5, 0.6) is 0 Å². The van der Waals surface area contributed by atoms with Gasteiger partial charge in [0.2, 0.25) is 5.91 Å². The number of carbonyl (C=O) groups is 2. The molecule has 2 aromatic rings. The molecule has 1 saturated heterocycles. The molecule has 156 valence electrons. The van der Waals surface area contributed by atoms with Crippen LogP contribution in [-0.2, 0) is 10.2 Å². The molecule has 1 aliphatic heterocycles. The highest BCUT2D eigenvalue weighted by atomic mass is 32.2. The van der Waals surface area contributed by atoms with Crippen LogP contribution >= 0.6 is 11.8 Å². The van der Waals surface area contributed by atoms with E-state index in [0.717, 1.165) is 12.0 Å². The van der Waals surface area contributed by atoms with Crippen LogP contribution in [0.15, 0.2) is 47.1 Å². The van der Waals surface area contributed by atoms with Crippen molar-refractivity contribution in [3.8, 4) is 0 Å². The average Bonchev–Trinajstić information content (AvgIpc) is 3.31. The Hall–Kier alpha value is -2.21. The molecule has 0 aliphatic carbocycles. The molecule has 1 aliphatic rings. The molecule has 0 N–H and O–H groups in total. The van der Waals surface area contributed by atoms with E-state index >= 15 is 0 Å². The maximum atomic E-state index is 12.7. The number of nitrogens with zero attached hydrogens (tertiary/aromatic N) is 2. The van der Waals surface area contributed by atoms with Gasteiger partial charge < -0.3 is 14.2 Å². The lowest BCUT2D eigenvalue weighted by molar-refractivity contribution is -0.129. The molecular weight excluding hydrogens is 384 g/mol. The van der Waals surface area contributed by atoms with E-state index in [2.05, 4.69) is 45.0 Å². The van der Waals surface area contributed by atoms with Crippen LogP contribution in [0.1, 0.15) is 61.2 Å². The van der Waals surface area contributed by atoms with Gasteiger partial charge in [-0.3, -0.25) is 9.59 Å². The van der Waals surface area contributed by atoms with E-state index in [1.54, 1.807) is 35.8 Å².